The highest BCUT2D eigenvalue weighted by Crippen LogP contribution is 2.40. The molecule has 10 heteroatoms. The molecular weight excluding hydrogens is 457 g/mol. The lowest BCUT2D eigenvalue weighted by Gasteiger charge is -2.23. The van der Waals surface area contributed by atoms with E-state index in [2.05, 4.69) is 10.6 Å². The number of nitrogens with zero attached hydrogens (tertiary/aromatic N) is 1. The number of amides is 2. The Morgan fingerprint density at radius 1 is 0.938 bits per heavy atom. The van der Waals surface area contributed by atoms with Gasteiger partial charge in [0, 0.05) is 33.6 Å². The van der Waals surface area contributed by atoms with Crippen molar-refractivity contribution >= 4 is 46.4 Å². The number of methoxy groups -OCH3 is 3. The molecule has 2 N–H and O–H groups in total. The van der Waals surface area contributed by atoms with Crippen molar-refractivity contribution in [2.75, 3.05) is 45.1 Å². The monoisotopic (exact) mass is 481 g/mol. The molecule has 8 nitrogen and oxygen atoms in total. The van der Waals surface area contributed by atoms with Crippen LogP contribution in [-0.2, 0) is 9.59 Å². The van der Waals surface area contributed by atoms with Crippen LogP contribution >= 0.6 is 23.2 Å². The summed E-state index contributed by atoms with van der Waals surface area (Å²) in [5, 5.41) is 6.53. The molecule has 0 saturated carbocycles. The van der Waals surface area contributed by atoms with Crippen molar-refractivity contribution in [3.05, 3.63) is 40.4 Å². The van der Waals surface area contributed by atoms with Crippen molar-refractivity contribution in [1.82, 2.24) is 4.90 Å². The van der Waals surface area contributed by atoms with Crippen molar-refractivity contribution in [3.63, 3.8) is 0 Å². The molecule has 1 aliphatic rings. The second kappa shape index (κ2) is 10.8. The molecule has 0 spiro atoms. The Bertz CT molecular complexity index is 956. The van der Waals surface area contributed by atoms with Crippen LogP contribution in [0.4, 0.5) is 11.4 Å². The van der Waals surface area contributed by atoms with Crippen LogP contribution in [0.25, 0.3) is 0 Å². The third-order valence-electron chi connectivity index (χ3n) is 5.09. The maximum Gasteiger partial charge on any atom is 0.241 e. The van der Waals surface area contributed by atoms with E-state index in [9.17, 15) is 9.59 Å². The molecule has 0 aliphatic carbocycles. The molecular formula is C22H25Cl2N3O5. The van der Waals surface area contributed by atoms with Gasteiger partial charge in [-0.1, -0.05) is 23.2 Å². The van der Waals surface area contributed by atoms with Gasteiger partial charge in [-0.3, -0.25) is 14.5 Å². The molecule has 1 unspecified atom stereocenters. The predicted molar refractivity (Wildman–Crippen MR) is 124 cm³/mol. The summed E-state index contributed by atoms with van der Waals surface area (Å²) in [6.07, 6.45) is 1.46. The Morgan fingerprint density at radius 2 is 1.53 bits per heavy atom. The molecule has 2 aromatic carbocycles. The molecule has 1 heterocycles. The third kappa shape index (κ3) is 5.76. The molecule has 32 heavy (non-hydrogen) atoms. The minimum absolute atomic E-state index is 0.0606. The van der Waals surface area contributed by atoms with Gasteiger partial charge in [0.1, 0.15) is 0 Å². The van der Waals surface area contributed by atoms with E-state index < -0.39 is 6.04 Å². The highest BCUT2D eigenvalue weighted by Gasteiger charge is 2.32. The van der Waals surface area contributed by atoms with Crippen LogP contribution < -0.4 is 24.8 Å². The molecule has 3 rings (SSSR count). The summed E-state index contributed by atoms with van der Waals surface area (Å²) in [4.78, 5) is 27.4. The molecule has 1 atom stereocenters. The summed E-state index contributed by atoms with van der Waals surface area (Å²) in [5.41, 5.74) is 1.01. The van der Waals surface area contributed by atoms with Crippen molar-refractivity contribution in [2.24, 2.45) is 0 Å². The molecule has 172 valence electrons. The van der Waals surface area contributed by atoms with Gasteiger partial charge >= 0.3 is 0 Å². The van der Waals surface area contributed by atoms with Gasteiger partial charge in [-0.25, -0.2) is 0 Å². The Labute approximate surface area is 196 Å². The van der Waals surface area contributed by atoms with Crippen molar-refractivity contribution in [1.29, 1.82) is 0 Å². The molecule has 0 aromatic heterocycles. The first-order valence-electron chi connectivity index (χ1n) is 9.95. The van der Waals surface area contributed by atoms with Crippen LogP contribution in [0.15, 0.2) is 30.3 Å². The second-order valence-corrected chi connectivity index (χ2v) is 8.11. The molecule has 2 aromatic rings. The SMILES string of the molecule is COc1cc(NC(=O)CN2CCCC2C(=O)Nc2cc(Cl)cc(Cl)c2)cc(OC)c1OC. The summed E-state index contributed by atoms with van der Waals surface area (Å²) in [6, 6.07) is 7.71. The molecule has 1 fully saturated rings. The highest BCUT2D eigenvalue weighted by atomic mass is 35.5. The summed E-state index contributed by atoms with van der Waals surface area (Å²) >= 11 is 12.0. The number of rotatable bonds is 8. The first-order chi connectivity index (χ1) is 15.3. The minimum Gasteiger partial charge on any atom is -0.493 e. The topological polar surface area (TPSA) is 89.1 Å². The van der Waals surface area contributed by atoms with Crippen LogP contribution in [0.2, 0.25) is 10.0 Å². The first kappa shape index (κ1) is 24.0. The molecule has 0 radical (unpaired) electrons. The van der Waals surface area contributed by atoms with Crippen molar-refractivity contribution in [2.45, 2.75) is 18.9 Å². The normalized spacial score (nSPS) is 15.8. The van der Waals surface area contributed by atoms with Gasteiger partial charge in [0.15, 0.2) is 11.5 Å². The number of ether oxygens (including phenoxy) is 3. The lowest BCUT2D eigenvalue weighted by atomic mass is 10.2. The molecule has 0 bridgehead atoms. The van der Waals surface area contributed by atoms with E-state index in [0.717, 1.165) is 6.42 Å². The summed E-state index contributed by atoms with van der Waals surface area (Å²) in [6.45, 7) is 0.697. The smallest absolute Gasteiger partial charge is 0.241 e. The van der Waals surface area contributed by atoms with Gasteiger partial charge in [0.25, 0.3) is 0 Å². The zero-order valence-electron chi connectivity index (χ0n) is 18.0. The van der Waals surface area contributed by atoms with E-state index in [1.165, 1.54) is 21.3 Å². The number of anilines is 2. The maximum atomic E-state index is 12.8. The van der Waals surface area contributed by atoms with Crippen molar-refractivity contribution < 1.29 is 23.8 Å². The van der Waals surface area contributed by atoms with E-state index in [4.69, 9.17) is 37.4 Å². The minimum atomic E-state index is -0.432. The molecule has 1 aliphatic heterocycles. The predicted octanol–water partition coefficient (Wildman–Crippen LogP) is 4.06. The van der Waals surface area contributed by atoms with Crippen molar-refractivity contribution in [3.8, 4) is 17.2 Å². The van der Waals surface area contributed by atoms with Crippen LogP contribution in [0.3, 0.4) is 0 Å². The summed E-state index contributed by atoms with van der Waals surface area (Å²) in [7, 11) is 4.52. The van der Waals surface area contributed by atoms with Crippen LogP contribution in [0, 0.1) is 0 Å². The summed E-state index contributed by atoms with van der Waals surface area (Å²) < 4.78 is 15.9. The number of benzene rings is 2. The van der Waals surface area contributed by atoms with E-state index >= 15 is 0 Å². The lowest BCUT2D eigenvalue weighted by molar-refractivity contribution is -0.122. The zero-order chi connectivity index (χ0) is 23.3. The van der Waals surface area contributed by atoms with E-state index in [1.54, 1.807) is 30.3 Å². The number of hydrogen-bond donors (Lipinski definition) is 2. The Morgan fingerprint density at radius 3 is 2.09 bits per heavy atom. The lowest BCUT2D eigenvalue weighted by Crippen LogP contribution is -2.43. The number of likely N-dealkylation sites (tertiary alicyclic amines) is 1. The van der Waals surface area contributed by atoms with Crippen LogP contribution in [0.5, 0.6) is 17.2 Å². The average Bonchev–Trinajstić information content (AvgIpc) is 3.20. The number of hydrogen-bond acceptors (Lipinski definition) is 6. The third-order valence-corrected chi connectivity index (χ3v) is 5.53. The van der Waals surface area contributed by atoms with Crippen LogP contribution in [-0.4, -0.2) is 57.2 Å². The Balaban J connectivity index is 1.66. The number of carbonyl (C=O) groups excluding carboxylic acids is 2. The van der Waals surface area contributed by atoms with Crippen LogP contribution in [0.1, 0.15) is 12.8 Å². The highest BCUT2D eigenvalue weighted by molar-refractivity contribution is 6.35. The molecule has 2 amide bonds. The van der Waals surface area contributed by atoms with Gasteiger partial charge in [-0.15, -0.1) is 0 Å². The standard InChI is InChI=1S/C22H25Cl2N3O5/c1-30-18-10-16(11-19(31-2)21(18)32-3)25-20(28)12-27-6-4-5-17(27)22(29)26-15-8-13(23)7-14(24)9-15/h7-11,17H,4-6,12H2,1-3H3,(H,25,28)(H,26,29). The fourth-order valence-corrected chi connectivity index (χ4v) is 4.23. The number of carbonyl (C=O) groups is 2. The first-order valence-corrected chi connectivity index (χ1v) is 10.7. The number of nitrogens with one attached hydrogen (secondary N) is 2. The van der Waals surface area contributed by atoms with Gasteiger partial charge in [0.2, 0.25) is 17.6 Å². The summed E-state index contributed by atoms with van der Waals surface area (Å²) in [5.74, 6) is 0.832. The van der Waals surface area contributed by atoms with E-state index in [-0.39, 0.29) is 18.4 Å². The Hall–Kier alpha value is -2.68. The fourth-order valence-electron chi connectivity index (χ4n) is 3.70. The van der Waals surface area contributed by atoms with Gasteiger partial charge in [-0.05, 0) is 37.6 Å². The molecule has 1 saturated heterocycles. The number of halogens is 2. The fraction of sp³-hybridized carbons (Fsp3) is 0.364. The zero-order valence-corrected chi connectivity index (χ0v) is 19.5. The van der Waals surface area contributed by atoms with Gasteiger partial charge < -0.3 is 24.8 Å². The largest absolute Gasteiger partial charge is 0.493 e. The van der Waals surface area contributed by atoms with E-state index in [0.29, 0.717) is 51.6 Å². The van der Waals surface area contributed by atoms with Gasteiger partial charge in [0.05, 0.1) is 33.9 Å². The second-order valence-electron chi connectivity index (χ2n) is 7.24. The average molecular weight is 482 g/mol. The Kier molecular flexibility index (Phi) is 8.06. The van der Waals surface area contributed by atoms with Gasteiger partial charge in [-0.2, -0.15) is 0 Å². The van der Waals surface area contributed by atoms with E-state index in [1.807, 2.05) is 4.90 Å². The quantitative estimate of drug-likeness (QED) is 0.590. The maximum absolute atomic E-state index is 12.8.